The number of nitrogens with one attached hydrogen (secondary N) is 1. The van der Waals surface area contributed by atoms with Gasteiger partial charge in [0.05, 0.1) is 11.7 Å². The van der Waals surface area contributed by atoms with Crippen LogP contribution in [-0.4, -0.2) is 15.5 Å². The lowest BCUT2D eigenvalue weighted by atomic mass is 10.1. The third-order valence-electron chi connectivity index (χ3n) is 3.19. The topological polar surface area (TPSA) is 72.9 Å². The first-order valence-corrected chi connectivity index (χ1v) is 6.67. The smallest absolute Gasteiger partial charge is 0.268 e. The number of carbonyl (C=O) groups is 1. The van der Waals surface area contributed by atoms with Crippen LogP contribution in [0.1, 0.15) is 48.9 Å². The minimum absolute atomic E-state index is 0.104. The number of hydrogen-bond donors (Lipinski definition) is 2. The summed E-state index contributed by atoms with van der Waals surface area (Å²) in [5.41, 5.74) is 7.93. The van der Waals surface area contributed by atoms with E-state index in [-0.39, 0.29) is 18.0 Å². The van der Waals surface area contributed by atoms with Crippen LogP contribution in [0, 0.1) is 0 Å². The quantitative estimate of drug-likeness (QED) is 0.898. The van der Waals surface area contributed by atoms with Gasteiger partial charge >= 0.3 is 0 Å². The maximum absolute atomic E-state index is 12.4. The maximum Gasteiger partial charge on any atom is 0.268 e. The molecular weight excluding hydrogens is 252 g/mol. The van der Waals surface area contributed by atoms with Crippen molar-refractivity contribution in [2.24, 2.45) is 0 Å². The molecule has 0 aliphatic heterocycles. The minimum atomic E-state index is -0.133. The van der Waals surface area contributed by atoms with Crippen LogP contribution in [0.2, 0.25) is 0 Å². The van der Waals surface area contributed by atoms with Crippen molar-refractivity contribution in [2.45, 2.75) is 32.9 Å². The van der Waals surface area contributed by atoms with E-state index in [0.717, 1.165) is 5.56 Å². The van der Waals surface area contributed by atoms with Crippen molar-refractivity contribution in [1.29, 1.82) is 0 Å². The van der Waals surface area contributed by atoms with Crippen molar-refractivity contribution in [2.75, 3.05) is 5.73 Å². The van der Waals surface area contributed by atoms with Crippen LogP contribution in [0.3, 0.4) is 0 Å². The monoisotopic (exact) mass is 272 g/mol. The number of pyridine rings is 1. The molecule has 106 valence electrons. The molecule has 5 nitrogen and oxygen atoms in total. The van der Waals surface area contributed by atoms with E-state index in [0.29, 0.717) is 11.4 Å². The average Bonchev–Trinajstić information content (AvgIpc) is 2.82. The van der Waals surface area contributed by atoms with Gasteiger partial charge in [-0.2, -0.15) is 0 Å². The van der Waals surface area contributed by atoms with Crippen molar-refractivity contribution in [3.63, 3.8) is 0 Å². The number of hydrogen-bond acceptors (Lipinski definition) is 3. The van der Waals surface area contributed by atoms with Gasteiger partial charge in [0.2, 0.25) is 0 Å². The summed E-state index contributed by atoms with van der Waals surface area (Å²) in [6.07, 6.45) is 5.25. The van der Waals surface area contributed by atoms with Crippen LogP contribution < -0.4 is 11.1 Å². The Morgan fingerprint density at radius 2 is 2.15 bits per heavy atom. The first kappa shape index (κ1) is 14.1. The van der Waals surface area contributed by atoms with E-state index in [2.05, 4.69) is 10.3 Å². The Balaban J connectivity index is 2.16. The zero-order chi connectivity index (χ0) is 14.7. The molecule has 0 spiro atoms. The van der Waals surface area contributed by atoms with Gasteiger partial charge < -0.3 is 15.6 Å². The predicted octanol–water partition coefficient (Wildman–Crippen LogP) is 2.54. The molecule has 0 aromatic carbocycles. The molecule has 2 aromatic rings. The summed E-state index contributed by atoms with van der Waals surface area (Å²) < 4.78 is 1.88. The van der Waals surface area contributed by atoms with Gasteiger partial charge in [-0.3, -0.25) is 9.78 Å². The molecule has 0 fully saturated rings. The van der Waals surface area contributed by atoms with Crippen LogP contribution in [0.4, 0.5) is 5.69 Å². The second kappa shape index (κ2) is 5.77. The standard InChI is InChI=1S/C15H20N4O/c1-10(2)19-9-13(16)7-14(19)15(20)18-11(3)12-5-4-6-17-8-12/h4-11H,16H2,1-3H3,(H,18,20). The van der Waals surface area contributed by atoms with Gasteiger partial charge in [0.15, 0.2) is 0 Å². The third kappa shape index (κ3) is 2.99. The number of amides is 1. The maximum atomic E-state index is 12.4. The summed E-state index contributed by atoms with van der Waals surface area (Å²) in [6.45, 7) is 5.96. The largest absolute Gasteiger partial charge is 0.397 e. The van der Waals surface area contributed by atoms with Gasteiger partial charge in [-0.05, 0) is 38.5 Å². The number of anilines is 1. The summed E-state index contributed by atoms with van der Waals surface area (Å²) >= 11 is 0. The molecule has 1 atom stereocenters. The van der Waals surface area contributed by atoms with Crippen LogP contribution >= 0.6 is 0 Å². The Hall–Kier alpha value is -2.30. The number of aromatic nitrogens is 2. The molecule has 3 N–H and O–H groups in total. The Labute approximate surface area is 118 Å². The van der Waals surface area contributed by atoms with Crippen LogP contribution in [-0.2, 0) is 0 Å². The lowest BCUT2D eigenvalue weighted by Crippen LogP contribution is -2.29. The molecule has 20 heavy (non-hydrogen) atoms. The van der Waals surface area contributed by atoms with Crippen LogP contribution in [0.15, 0.2) is 36.8 Å². The van der Waals surface area contributed by atoms with Gasteiger partial charge in [0.1, 0.15) is 5.69 Å². The van der Waals surface area contributed by atoms with Crippen LogP contribution in [0.25, 0.3) is 0 Å². The van der Waals surface area contributed by atoms with Crippen molar-refractivity contribution < 1.29 is 4.79 Å². The second-order valence-corrected chi connectivity index (χ2v) is 5.14. The van der Waals surface area contributed by atoms with Crippen LogP contribution in [0.5, 0.6) is 0 Å². The molecular formula is C15H20N4O. The molecule has 0 aliphatic carbocycles. The molecule has 0 saturated heterocycles. The lowest BCUT2D eigenvalue weighted by Gasteiger charge is -2.16. The molecule has 0 aliphatic rings. The summed E-state index contributed by atoms with van der Waals surface area (Å²) in [7, 11) is 0. The molecule has 2 heterocycles. The summed E-state index contributed by atoms with van der Waals surface area (Å²) in [4.78, 5) is 16.4. The van der Waals surface area contributed by atoms with E-state index >= 15 is 0 Å². The SMILES string of the molecule is CC(NC(=O)c1cc(N)cn1C(C)C)c1cccnc1. The van der Waals surface area contributed by atoms with E-state index in [1.165, 1.54) is 0 Å². The number of nitrogens with two attached hydrogens (primary N) is 1. The molecule has 0 saturated carbocycles. The zero-order valence-corrected chi connectivity index (χ0v) is 12.0. The third-order valence-corrected chi connectivity index (χ3v) is 3.19. The van der Waals surface area contributed by atoms with E-state index < -0.39 is 0 Å². The first-order chi connectivity index (χ1) is 9.49. The number of nitrogen functional groups attached to an aromatic ring is 1. The Morgan fingerprint density at radius 3 is 2.75 bits per heavy atom. The van der Waals surface area contributed by atoms with Gasteiger partial charge in [-0.25, -0.2) is 0 Å². The number of carbonyl (C=O) groups excluding carboxylic acids is 1. The Morgan fingerprint density at radius 1 is 1.40 bits per heavy atom. The second-order valence-electron chi connectivity index (χ2n) is 5.14. The van der Waals surface area contributed by atoms with Crippen molar-refractivity contribution in [3.8, 4) is 0 Å². The van der Waals surface area contributed by atoms with Gasteiger partial charge in [-0.15, -0.1) is 0 Å². The highest BCUT2D eigenvalue weighted by molar-refractivity contribution is 5.94. The highest BCUT2D eigenvalue weighted by atomic mass is 16.2. The highest BCUT2D eigenvalue weighted by Crippen LogP contribution is 2.18. The fourth-order valence-electron chi connectivity index (χ4n) is 2.10. The fourth-order valence-corrected chi connectivity index (χ4v) is 2.10. The molecule has 1 unspecified atom stereocenters. The van der Waals surface area contributed by atoms with Crippen molar-refractivity contribution >= 4 is 11.6 Å². The van der Waals surface area contributed by atoms with Gasteiger partial charge in [0, 0.05) is 24.6 Å². The van der Waals surface area contributed by atoms with Crippen molar-refractivity contribution in [3.05, 3.63) is 48.0 Å². The Bertz CT molecular complexity index is 589. The van der Waals surface area contributed by atoms with E-state index in [1.807, 2.05) is 37.5 Å². The molecule has 0 bridgehead atoms. The predicted molar refractivity (Wildman–Crippen MR) is 79.3 cm³/mol. The average molecular weight is 272 g/mol. The summed E-state index contributed by atoms with van der Waals surface area (Å²) in [6, 6.07) is 5.57. The van der Waals surface area contributed by atoms with Crippen molar-refractivity contribution in [1.82, 2.24) is 14.9 Å². The van der Waals surface area contributed by atoms with E-state index in [4.69, 9.17) is 5.73 Å². The number of rotatable bonds is 4. The molecule has 0 radical (unpaired) electrons. The first-order valence-electron chi connectivity index (χ1n) is 6.67. The molecule has 1 amide bonds. The minimum Gasteiger partial charge on any atom is -0.397 e. The highest BCUT2D eigenvalue weighted by Gasteiger charge is 2.17. The molecule has 2 aromatic heterocycles. The van der Waals surface area contributed by atoms with Gasteiger partial charge in [-0.1, -0.05) is 6.07 Å². The van der Waals surface area contributed by atoms with E-state index in [9.17, 15) is 4.79 Å². The number of nitrogens with zero attached hydrogens (tertiary/aromatic N) is 2. The summed E-state index contributed by atoms with van der Waals surface area (Å²) in [5, 5.41) is 2.97. The van der Waals surface area contributed by atoms with Gasteiger partial charge in [0.25, 0.3) is 5.91 Å². The lowest BCUT2D eigenvalue weighted by molar-refractivity contribution is 0.0929. The summed E-state index contributed by atoms with van der Waals surface area (Å²) in [5.74, 6) is -0.133. The normalized spacial score (nSPS) is 12.4. The Kier molecular flexibility index (Phi) is 4.08. The molecule has 5 heteroatoms. The fraction of sp³-hybridized carbons (Fsp3) is 0.333. The van der Waals surface area contributed by atoms with E-state index in [1.54, 1.807) is 24.7 Å². The zero-order valence-electron chi connectivity index (χ0n) is 12.0. The molecule has 2 rings (SSSR count).